The van der Waals surface area contributed by atoms with Crippen molar-refractivity contribution in [3.05, 3.63) is 104 Å². The number of carbonyl (C=O) groups is 2. The van der Waals surface area contributed by atoms with Gasteiger partial charge in [-0.05, 0) is 55.3 Å². The Morgan fingerprint density at radius 2 is 1.76 bits per heavy atom. The van der Waals surface area contributed by atoms with Crippen molar-refractivity contribution in [3.8, 4) is 0 Å². The van der Waals surface area contributed by atoms with E-state index in [-0.39, 0.29) is 27.7 Å². The number of para-hydroxylation sites is 1. The second-order valence-electron chi connectivity index (χ2n) is 7.86. The van der Waals surface area contributed by atoms with Crippen molar-refractivity contribution in [3.63, 3.8) is 0 Å². The highest BCUT2D eigenvalue weighted by molar-refractivity contribution is 6.34. The Morgan fingerprint density at radius 1 is 1.00 bits per heavy atom. The molecule has 1 aromatic heterocycles. The molecule has 172 valence electrons. The van der Waals surface area contributed by atoms with Crippen LogP contribution in [0.15, 0.2) is 60.7 Å². The molecule has 3 N–H and O–H groups in total. The SMILES string of the molecule is Cc1[nH]c2ccc(CNC(=O)c3ccccc3NC(=O)c3ccc([N+](=O)[O-])cc3Cl)cc2c1C. The van der Waals surface area contributed by atoms with Crippen LogP contribution in [0.2, 0.25) is 5.02 Å². The van der Waals surface area contributed by atoms with E-state index in [0.717, 1.165) is 28.2 Å². The Morgan fingerprint density at radius 3 is 2.50 bits per heavy atom. The molecular weight excluding hydrogens is 456 g/mol. The zero-order chi connectivity index (χ0) is 24.4. The van der Waals surface area contributed by atoms with E-state index in [4.69, 9.17) is 11.6 Å². The molecule has 0 aliphatic rings. The van der Waals surface area contributed by atoms with Crippen LogP contribution in [0.3, 0.4) is 0 Å². The molecule has 0 fully saturated rings. The Kier molecular flexibility index (Phi) is 6.34. The normalized spacial score (nSPS) is 10.8. The quantitative estimate of drug-likeness (QED) is 0.250. The molecule has 4 rings (SSSR count). The fourth-order valence-corrected chi connectivity index (χ4v) is 3.94. The molecule has 9 heteroatoms. The number of hydrogen-bond acceptors (Lipinski definition) is 4. The average molecular weight is 477 g/mol. The van der Waals surface area contributed by atoms with E-state index in [1.165, 1.54) is 17.7 Å². The van der Waals surface area contributed by atoms with Gasteiger partial charge in [-0.15, -0.1) is 0 Å². The fraction of sp³-hybridized carbons (Fsp3) is 0.120. The topological polar surface area (TPSA) is 117 Å². The number of benzene rings is 3. The lowest BCUT2D eigenvalue weighted by Gasteiger charge is -2.12. The van der Waals surface area contributed by atoms with Crippen molar-refractivity contribution in [2.45, 2.75) is 20.4 Å². The summed E-state index contributed by atoms with van der Waals surface area (Å²) in [5, 5.41) is 17.5. The van der Waals surface area contributed by atoms with E-state index in [0.29, 0.717) is 12.2 Å². The van der Waals surface area contributed by atoms with Gasteiger partial charge in [0.05, 0.1) is 26.8 Å². The van der Waals surface area contributed by atoms with Gasteiger partial charge < -0.3 is 15.6 Å². The first-order chi connectivity index (χ1) is 16.2. The Bertz CT molecular complexity index is 1440. The molecule has 0 aliphatic carbocycles. The largest absolute Gasteiger partial charge is 0.358 e. The fourth-order valence-electron chi connectivity index (χ4n) is 3.68. The van der Waals surface area contributed by atoms with Crippen LogP contribution in [0.1, 0.15) is 37.5 Å². The van der Waals surface area contributed by atoms with Gasteiger partial charge >= 0.3 is 0 Å². The highest BCUT2D eigenvalue weighted by atomic mass is 35.5. The molecule has 3 aromatic carbocycles. The molecule has 0 radical (unpaired) electrons. The van der Waals surface area contributed by atoms with E-state index >= 15 is 0 Å². The number of nitro groups is 1. The molecule has 0 unspecified atom stereocenters. The second-order valence-corrected chi connectivity index (χ2v) is 8.27. The monoisotopic (exact) mass is 476 g/mol. The third-order valence-electron chi connectivity index (χ3n) is 5.65. The van der Waals surface area contributed by atoms with Gasteiger partial charge in [0.25, 0.3) is 17.5 Å². The summed E-state index contributed by atoms with van der Waals surface area (Å²) in [6.07, 6.45) is 0. The van der Waals surface area contributed by atoms with Gasteiger partial charge in [0.1, 0.15) is 0 Å². The van der Waals surface area contributed by atoms with Crippen LogP contribution in [-0.4, -0.2) is 21.7 Å². The molecule has 0 bridgehead atoms. The molecule has 0 aliphatic heterocycles. The number of H-pyrrole nitrogens is 1. The molecule has 2 amide bonds. The number of halogens is 1. The number of nitrogens with one attached hydrogen (secondary N) is 3. The molecule has 0 atom stereocenters. The lowest BCUT2D eigenvalue weighted by molar-refractivity contribution is -0.384. The number of nitrogens with zero attached hydrogens (tertiary/aromatic N) is 1. The zero-order valence-electron chi connectivity index (χ0n) is 18.4. The number of non-ortho nitro benzene ring substituents is 1. The van der Waals surface area contributed by atoms with E-state index in [1.807, 2.05) is 32.0 Å². The molecule has 0 spiro atoms. The molecular formula is C25H21ClN4O4. The molecule has 8 nitrogen and oxygen atoms in total. The summed E-state index contributed by atoms with van der Waals surface area (Å²) < 4.78 is 0. The summed E-state index contributed by atoms with van der Waals surface area (Å²) in [5.41, 5.74) is 4.69. The maximum Gasteiger partial charge on any atom is 0.270 e. The minimum Gasteiger partial charge on any atom is -0.358 e. The Labute approximate surface area is 200 Å². The lowest BCUT2D eigenvalue weighted by Crippen LogP contribution is -2.25. The van der Waals surface area contributed by atoms with Crippen molar-refractivity contribution in [1.29, 1.82) is 0 Å². The smallest absolute Gasteiger partial charge is 0.270 e. The van der Waals surface area contributed by atoms with Crippen LogP contribution in [0.25, 0.3) is 10.9 Å². The third-order valence-corrected chi connectivity index (χ3v) is 5.97. The van der Waals surface area contributed by atoms with Gasteiger partial charge in [-0.2, -0.15) is 0 Å². The number of rotatable bonds is 6. The van der Waals surface area contributed by atoms with E-state index in [9.17, 15) is 19.7 Å². The average Bonchev–Trinajstić information content (AvgIpc) is 3.10. The zero-order valence-corrected chi connectivity index (χ0v) is 19.2. The maximum atomic E-state index is 12.9. The van der Waals surface area contributed by atoms with Gasteiger partial charge in [0.2, 0.25) is 0 Å². The second kappa shape index (κ2) is 9.36. The molecule has 34 heavy (non-hydrogen) atoms. The first-order valence-electron chi connectivity index (χ1n) is 10.4. The minimum atomic E-state index is -0.594. The first-order valence-corrected chi connectivity index (χ1v) is 10.8. The standard InChI is InChI=1S/C25H21ClN4O4/c1-14-15(2)28-23-10-7-16(11-20(14)23)13-27-24(31)19-5-3-4-6-22(19)29-25(32)18-9-8-17(30(33)34)12-21(18)26/h3-12,28H,13H2,1-2H3,(H,27,31)(H,29,32). The molecule has 0 saturated carbocycles. The highest BCUT2D eigenvalue weighted by Gasteiger charge is 2.18. The Balaban J connectivity index is 1.49. The van der Waals surface area contributed by atoms with E-state index in [1.54, 1.807) is 24.3 Å². The molecule has 0 saturated heterocycles. The van der Waals surface area contributed by atoms with Gasteiger partial charge in [0, 0.05) is 35.3 Å². The van der Waals surface area contributed by atoms with Crippen LogP contribution < -0.4 is 10.6 Å². The van der Waals surface area contributed by atoms with Crippen molar-refractivity contribution in [2.75, 3.05) is 5.32 Å². The number of aromatic amines is 1. The van der Waals surface area contributed by atoms with Crippen LogP contribution in [-0.2, 0) is 6.54 Å². The number of hydrogen-bond donors (Lipinski definition) is 3. The van der Waals surface area contributed by atoms with Gasteiger partial charge in [-0.3, -0.25) is 19.7 Å². The van der Waals surface area contributed by atoms with E-state index < -0.39 is 10.8 Å². The highest BCUT2D eigenvalue weighted by Crippen LogP contribution is 2.25. The number of fused-ring (bicyclic) bond motifs is 1. The number of aryl methyl sites for hydroxylation is 2. The summed E-state index contributed by atoms with van der Waals surface area (Å²) in [7, 11) is 0. The minimum absolute atomic E-state index is 0.0562. The summed E-state index contributed by atoms with van der Waals surface area (Å²) in [4.78, 5) is 39.3. The van der Waals surface area contributed by atoms with Crippen molar-refractivity contribution < 1.29 is 14.5 Å². The van der Waals surface area contributed by atoms with Crippen LogP contribution in [0.4, 0.5) is 11.4 Å². The van der Waals surface area contributed by atoms with Crippen LogP contribution in [0, 0.1) is 24.0 Å². The molecule has 4 aromatic rings. The maximum absolute atomic E-state index is 12.9. The van der Waals surface area contributed by atoms with Crippen molar-refractivity contribution in [1.82, 2.24) is 10.3 Å². The van der Waals surface area contributed by atoms with Crippen molar-refractivity contribution >= 4 is 45.7 Å². The number of anilines is 1. The number of amides is 2. The van der Waals surface area contributed by atoms with Gasteiger partial charge in [-0.1, -0.05) is 29.8 Å². The van der Waals surface area contributed by atoms with Gasteiger partial charge in [0.15, 0.2) is 0 Å². The van der Waals surface area contributed by atoms with Crippen LogP contribution in [0.5, 0.6) is 0 Å². The first kappa shape index (κ1) is 23.0. The summed E-state index contributed by atoms with van der Waals surface area (Å²) in [6, 6.07) is 16.1. The number of carbonyl (C=O) groups excluding carboxylic acids is 2. The van der Waals surface area contributed by atoms with Crippen LogP contribution >= 0.6 is 11.6 Å². The summed E-state index contributed by atoms with van der Waals surface area (Å²) in [6.45, 7) is 4.38. The lowest BCUT2D eigenvalue weighted by atomic mass is 10.1. The third kappa shape index (κ3) is 4.62. The summed E-state index contributed by atoms with van der Waals surface area (Å²) in [5.74, 6) is -0.934. The predicted molar refractivity (Wildman–Crippen MR) is 131 cm³/mol. The Hall–Kier alpha value is -4.17. The van der Waals surface area contributed by atoms with E-state index in [2.05, 4.69) is 15.6 Å². The number of nitro benzene ring substituents is 1. The summed E-state index contributed by atoms with van der Waals surface area (Å²) >= 11 is 6.06. The molecule has 1 heterocycles. The van der Waals surface area contributed by atoms with Gasteiger partial charge in [-0.25, -0.2) is 0 Å². The van der Waals surface area contributed by atoms with Crippen molar-refractivity contribution in [2.24, 2.45) is 0 Å². The predicted octanol–water partition coefficient (Wildman–Crippen LogP) is 5.53. The number of aromatic nitrogens is 1.